The van der Waals surface area contributed by atoms with Gasteiger partial charge in [-0.1, -0.05) is 17.2 Å². The molecule has 0 aromatic heterocycles. The maximum atomic E-state index is 3.87. The fraction of sp³-hybridized carbons (Fsp3) is 0.600. The van der Waals surface area contributed by atoms with Crippen LogP contribution in [0.5, 0.6) is 0 Å². The van der Waals surface area contributed by atoms with Crippen molar-refractivity contribution in [2.75, 3.05) is 0 Å². The maximum absolute atomic E-state index is 3.87. The Morgan fingerprint density at radius 1 is 1.30 bits per heavy atom. The van der Waals surface area contributed by atoms with Crippen LogP contribution in [-0.2, 0) is 0 Å². The molecule has 0 N–H and O–H groups in total. The topological polar surface area (TPSA) is 0 Å². The average molecular weight is 134 g/mol. The summed E-state index contributed by atoms with van der Waals surface area (Å²) in [5.41, 5.74) is 3.50. The van der Waals surface area contributed by atoms with E-state index in [2.05, 4.69) is 12.7 Å². The van der Waals surface area contributed by atoms with E-state index in [0.717, 1.165) is 5.92 Å². The second-order valence-corrected chi connectivity index (χ2v) is 3.36. The predicted octanol–water partition coefficient (Wildman–Crippen LogP) is 3.06. The lowest BCUT2D eigenvalue weighted by Crippen LogP contribution is -2.17. The van der Waals surface area contributed by atoms with Crippen LogP contribution in [-0.4, -0.2) is 0 Å². The predicted molar refractivity (Wildman–Crippen MR) is 43.8 cm³/mol. The van der Waals surface area contributed by atoms with Gasteiger partial charge in [0.05, 0.1) is 0 Å². The highest BCUT2D eigenvalue weighted by atomic mass is 14.3. The zero-order chi connectivity index (χ0) is 6.97. The standard InChI is InChI=1S/C10H14/c1-2-8-4-3-5-9-6-7-10(8)9/h2,8H,1,3-7H2. The molecular formula is C10H14. The molecule has 2 aliphatic carbocycles. The van der Waals surface area contributed by atoms with Crippen LogP contribution in [0.15, 0.2) is 23.8 Å². The molecule has 0 nitrogen and oxygen atoms in total. The van der Waals surface area contributed by atoms with E-state index in [-0.39, 0.29) is 0 Å². The van der Waals surface area contributed by atoms with Crippen LogP contribution in [0.1, 0.15) is 32.1 Å². The molecule has 0 radical (unpaired) electrons. The first-order chi connectivity index (χ1) is 4.92. The van der Waals surface area contributed by atoms with Crippen molar-refractivity contribution in [1.29, 1.82) is 0 Å². The molecule has 0 heteroatoms. The zero-order valence-corrected chi connectivity index (χ0v) is 6.40. The summed E-state index contributed by atoms with van der Waals surface area (Å²) in [6, 6.07) is 0. The molecule has 54 valence electrons. The lowest BCUT2D eigenvalue weighted by molar-refractivity contribution is 0.499. The van der Waals surface area contributed by atoms with Gasteiger partial charge in [0.15, 0.2) is 0 Å². The van der Waals surface area contributed by atoms with Crippen molar-refractivity contribution in [3.05, 3.63) is 23.8 Å². The Morgan fingerprint density at radius 2 is 2.20 bits per heavy atom. The van der Waals surface area contributed by atoms with Crippen molar-refractivity contribution in [2.24, 2.45) is 5.92 Å². The molecule has 1 unspecified atom stereocenters. The summed E-state index contributed by atoms with van der Waals surface area (Å²) < 4.78 is 0. The van der Waals surface area contributed by atoms with E-state index in [1.165, 1.54) is 32.1 Å². The van der Waals surface area contributed by atoms with E-state index in [9.17, 15) is 0 Å². The smallest absolute Gasteiger partial charge is 0.00231 e. The second-order valence-electron chi connectivity index (χ2n) is 3.36. The summed E-state index contributed by atoms with van der Waals surface area (Å²) in [6.07, 6.45) is 9.04. The van der Waals surface area contributed by atoms with Crippen molar-refractivity contribution in [3.8, 4) is 0 Å². The van der Waals surface area contributed by atoms with Gasteiger partial charge in [0.2, 0.25) is 0 Å². The Balaban J connectivity index is 2.22. The van der Waals surface area contributed by atoms with Gasteiger partial charge in [0.1, 0.15) is 0 Å². The third kappa shape index (κ3) is 0.749. The summed E-state index contributed by atoms with van der Waals surface area (Å²) in [7, 11) is 0. The minimum atomic E-state index is 0.762. The molecule has 10 heavy (non-hydrogen) atoms. The first-order valence-electron chi connectivity index (χ1n) is 4.25. The Labute approximate surface area is 62.6 Å². The lowest BCUT2D eigenvalue weighted by atomic mass is 9.72. The summed E-state index contributed by atoms with van der Waals surface area (Å²) in [4.78, 5) is 0. The molecule has 0 bridgehead atoms. The number of hydrogen-bond donors (Lipinski definition) is 0. The Bertz CT molecular complexity index is 186. The van der Waals surface area contributed by atoms with Gasteiger partial charge in [-0.3, -0.25) is 0 Å². The number of rotatable bonds is 1. The van der Waals surface area contributed by atoms with Gasteiger partial charge >= 0.3 is 0 Å². The van der Waals surface area contributed by atoms with Gasteiger partial charge in [-0.2, -0.15) is 0 Å². The molecule has 0 heterocycles. The quantitative estimate of drug-likeness (QED) is 0.483. The molecular weight excluding hydrogens is 120 g/mol. The monoisotopic (exact) mass is 134 g/mol. The van der Waals surface area contributed by atoms with Crippen LogP contribution < -0.4 is 0 Å². The van der Waals surface area contributed by atoms with E-state index < -0.39 is 0 Å². The lowest BCUT2D eigenvalue weighted by Gasteiger charge is -2.33. The summed E-state index contributed by atoms with van der Waals surface area (Å²) in [5.74, 6) is 0.762. The van der Waals surface area contributed by atoms with E-state index in [0.29, 0.717) is 0 Å². The van der Waals surface area contributed by atoms with Crippen LogP contribution in [0, 0.1) is 5.92 Å². The maximum Gasteiger partial charge on any atom is -0.00231 e. The normalized spacial score (nSPS) is 31.0. The van der Waals surface area contributed by atoms with Crippen LogP contribution in [0.3, 0.4) is 0 Å². The fourth-order valence-corrected chi connectivity index (χ4v) is 2.15. The minimum absolute atomic E-state index is 0.762. The molecule has 0 fully saturated rings. The van der Waals surface area contributed by atoms with Gasteiger partial charge in [0, 0.05) is 0 Å². The van der Waals surface area contributed by atoms with Gasteiger partial charge in [-0.25, -0.2) is 0 Å². The van der Waals surface area contributed by atoms with Crippen LogP contribution >= 0.6 is 0 Å². The molecule has 2 rings (SSSR count). The summed E-state index contributed by atoms with van der Waals surface area (Å²) >= 11 is 0. The van der Waals surface area contributed by atoms with Crippen LogP contribution in [0.25, 0.3) is 0 Å². The highest BCUT2D eigenvalue weighted by Crippen LogP contribution is 2.42. The summed E-state index contributed by atoms with van der Waals surface area (Å²) in [5, 5.41) is 0. The van der Waals surface area contributed by atoms with E-state index >= 15 is 0 Å². The van der Waals surface area contributed by atoms with E-state index in [4.69, 9.17) is 0 Å². The van der Waals surface area contributed by atoms with Gasteiger partial charge in [-0.15, -0.1) is 6.58 Å². The molecule has 1 atom stereocenters. The van der Waals surface area contributed by atoms with Gasteiger partial charge < -0.3 is 0 Å². The minimum Gasteiger partial charge on any atom is -0.102 e. The highest BCUT2D eigenvalue weighted by Gasteiger charge is 2.25. The molecule has 2 aliphatic rings. The molecule has 0 amide bonds. The molecule has 0 saturated heterocycles. The first kappa shape index (κ1) is 6.21. The zero-order valence-electron chi connectivity index (χ0n) is 6.40. The second kappa shape index (κ2) is 2.26. The van der Waals surface area contributed by atoms with Crippen molar-refractivity contribution in [1.82, 2.24) is 0 Å². The largest absolute Gasteiger partial charge is 0.102 e. The Kier molecular flexibility index (Phi) is 1.40. The van der Waals surface area contributed by atoms with Crippen molar-refractivity contribution >= 4 is 0 Å². The Morgan fingerprint density at radius 3 is 2.70 bits per heavy atom. The van der Waals surface area contributed by atoms with E-state index in [1.807, 2.05) is 0 Å². The molecule has 0 spiro atoms. The fourth-order valence-electron chi connectivity index (χ4n) is 2.15. The Hall–Kier alpha value is -0.520. The van der Waals surface area contributed by atoms with Crippen LogP contribution in [0.2, 0.25) is 0 Å². The molecule has 0 saturated carbocycles. The average Bonchev–Trinajstić information content (AvgIpc) is 1.91. The van der Waals surface area contributed by atoms with Crippen molar-refractivity contribution in [2.45, 2.75) is 32.1 Å². The van der Waals surface area contributed by atoms with Crippen LogP contribution in [0.4, 0.5) is 0 Å². The third-order valence-corrected chi connectivity index (χ3v) is 2.88. The SMILES string of the molecule is C=CC1CCCC2=C1CC2. The first-order valence-corrected chi connectivity index (χ1v) is 4.25. The van der Waals surface area contributed by atoms with E-state index in [1.54, 1.807) is 11.1 Å². The molecule has 0 aliphatic heterocycles. The molecule has 0 aromatic rings. The third-order valence-electron chi connectivity index (χ3n) is 2.88. The van der Waals surface area contributed by atoms with Crippen molar-refractivity contribution < 1.29 is 0 Å². The number of allylic oxidation sites excluding steroid dienone is 3. The van der Waals surface area contributed by atoms with Gasteiger partial charge in [-0.05, 0) is 38.0 Å². The van der Waals surface area contributed by atoms with Crippen molar-refractivity contribution in [3.63, 3.8) is 0 Å². The highest BCUT2D eigenvalue weighted by molar-refractivity contribution is 5.31. The summed E-state index contributed by atoms with van der Waals surface area (Å²) in [6.45, 7) is 3.87. The number of hydrogen-bond acceptors (Lipinski definition) is 0. The molecule has 0 aromatic carbocycles. The van der Waals surface area contributed by atoms with Gasteiger partial charge in [0.25, 0.3) is 0 Å².